The highest BCUT2D eigenvalue weighted by molar-refractivity contribution is 6.03. The van der Waals surface area contributed by atoms with Crippen LogP contribution in [0.5, 0.6) is 0 Å². The van der Waals surface area contributed by atoms with Crippen molar-refractivity contribution in [3.63, 3.8) is 0 Å². The van der Waals surface area contributed by atoms with E-state index in [1.165, 1.54) is 0 Å². The molecule has 3 N–H and O–H groups in total. The zero-order valence-electron chi connectivity index (χ0n) is 7.87. The predicted octanol–water partition coefficient (Wildman–Crippen LogP) is 0.246. The molecule has 0 radical (unpaired) electrons. The maximum Gasteiger partial charge on any atom is 0.339 e. The Morgan fingerprint density at radius 2 is 2.21 bits per heavy atom. The van der Waals surface area contributed by atoms with Gasteiger partial charge in [0, 0.05) is 6.04 Å². The molecule has 0 saturated heterocycles. The van der Waals surface area contributed by atoms with Crippen molar-refractivity contribution < 1.29 is 14.7 Å². The van der Waals surface area contributed by atoms with Crippen molar-refractivity contribution in [1.29, 1.82) is 0 Å². The molecule has 0 aliphatic heterocycles. The van der Waals surface area contributed by atoms with E-state index in [-0.39, 0.29) is 17.3 Å². The van der Waals surface area contributed by atoms with Gasteiger partial charge in [0.05, 0.1) is 6.20 Å². The summed E-state index contributed by atoms with van der Waals surface area (Å²) >= 11 is 0. The number of amides is 1. The van der Waals surface area contributed by atoms with Crippen LogP contribution in [0.25, 0.3) is 0 Å². The predicted molar refractivity (Wildman–Crippen MR) is 48.1 cm³/mol. The first kappa shape index (κ1) is 10.2. The van der Waals surface area contributed by atoms with Crippen molar-refractivity contribution in [1.82, 2.24) is 15.5 Å². The SMILES string of the molecule is CC(C)NC(=O)c1[nH]ncc1C(=O)O. The van der Waals surface area contributed by atoms with Crippen molar-refractivity contribution in [3.05, 3.63) is 17.5 Å². The molecule has 1 rings (SSSR count). The number of carbonyl (C=O) groups excluding carboxylic acids is 1. The molecule has 0 bridgehead atoms. The molecular formula is C8H11N3O3. The highest BCUT2D eigenvalue weighted by Gasteiger charge is 2.18. The van der Waals surface area contributed by atoms with Gasteiger partial charge in [-0.15, -0.1) is 0 Å². The number of aromatic carboxylic acids is 1. The molecule has 14 heavy (non-hydrogen) atoms. The summed E-state index contributed by atoms with van der Waals surface area (Å²) in [6.07, 6.45) is 1.11. The number of rotatable bonds is 3. The summed E-state index contributed by atoms with van der Waals surface area (Å²) in [5.41, 5.74) is -0.144. The van der Waals surface area contributed by atoms with Crippen molar-refractivity contribution in [2.45, 2.75) is 19.9 Å². The fraction of sp³-hybridized carbons (Fsp3) is 0.375. The summed E-state index contributed by atoms with van der Waals surface area (Å²) in [7, 11) is 0. The van der Waals surface area contributed by atoms with Gasteiger partial charge in [0.15, 0.2) is 0 Å². The van der Waals surface area contributed by atoms with Crippen LogP contribution in [0.1, 0.15) is 34.7 Å². The summed E-state index contributed by atoms with van der Waals surface area (Å²) < 4.78 is 0. The number of carboxylic acids is 1. The third-order valence-electron chi connectivity index (χ3n) is 1.52. The highest BCUT2D eigenvalue weighted by atomic mass is 16.4. The number of hydrogen-bond donors (Lipinski definition) is 3. The average molecular weight is 197 g/mol. The molecule has 0 spiro atoms. The van der Waals surface area contributed by atoms with Crippen LogP contribution in [0.2, 0.25) is 0 Å². The Morgan fingerprint density at radius 1 is 1.57 bits per heavy atom. The number of carboxylic acid groups (broad SMARTS) is 1. The van der Waals surface area contributed by atoms with Crippen LogP contribution in [0.3, 0.4) is 0 Å². The minimum atomic E-state index is -1.17. The lowest BCUT2D eigenvalue weighted by molar-refractivity contribution is 0.0690. The summed E-state index contributed by atoms with van der Waals surface area (Å²) in [5.74, 6) is -1.64. The molecule has 1 amide bonds. The van der Waals surface area contributed by atoms with Crippen LogP contribution in [0, 0.1) is 0 Å². The molecule has 1 heterocycles. The number of aromatic nitrogens is 2. The van der Waals surface area contributed by atoms with Gasteiger partial charge < -0.3 is 10.4 Å². The van der Waals surface area contributed by atoms with Gasteiger partial charge in [0.25, 0.3) is 5.91 Å². The molecule has 0 atom stereocenters. The molecule has 0 saturated carbocycles. The number of nitrogens with one attached hydrogen (secondary N) is 2. The van der Waals surface area contributed by atoms with Crippen LogP contribution in [0.15, 0.2) is 6.20 Å². The van der Waals surface area contributed by atoms with E-state index in [2.05, 4.69) is 15.5 Å². The van der Waals surface area contributed by atoms with E-state index in [0.717, 1.165) is 6.20 Å². The van der Waals surface area contributed by atoms with Crippen molar-refractivity contribution in [3.8, 4) is 0 Å². The third-order valence-corrected chi connectivity index (χ3v) is 1.52. The van der Waals surface area contributed by atoms with E-state index in [4.69, 9.17) is 5.11 Å². The van der Waals surface area contributed by atoms with Gasteiger partial charge in [-0.1, -0.05) is 0 Å². The Hall–Kier alpha value is -1.85. The normalized spacial score (nSPS) is 10.2. The lowest BCUT2D eigenvalue weighted by atomic mass is 10.2. The van der Waals surface area contributed by atoms with Crippen molar-refractivity contribution >= 4 is 11.9 Å². The smallest absolute Gasteiger partial charge is 0.339 e. The van der Waals surface area contributed by atoms with Crippen molar-refractivity contribution in [2.24, 2.45) is 0 Å². The van der Waals surface area contributed by atoms with Gasteiger partial charge in [-0.05, 0) is 13.8 Å². The molecule has 6 heteroatoms. The number of carbonyl (C=O) groups is 2. The van der Waals surface area contributed by atoms with Crippen LogP contribution >= 0.6 is 0 Å². The molecule has 1 aromatic heterocycles. The fourth-order valence-corrected chi connectivity index (χ4v) is 0.956. The first-order chi connectivity index (χ1) is 6.52. The second-order valence-electron chi connectivity index (χ2n) is 3.09. The number of nitrogens with zero attached hydrogens (tertiary/aromatic N) is 1. The summed E-state index contributed by atoms with van der Waals surface area (Å²) in [6, 6.07) is -0.0487. The standard InChI is InChI=1S/C8H11N3O3/c1-4(2)10-7(12)6-5(8(13)14)3-9-11-6/h3-4H,1-2H3,(H,9,11)(H,10,12)(H,13,14). The highest BCUT2D eigenvalue weighted by Crippen LogP contribution is 2.04. The molecule has 0 unspecified atom stereocenters. The summed E-state index contributed by atoms with van der Waals surface area (Å²) in [6.45, 7) is 3.57. The van der Waals surface area contributed by atoms with Crippen LogP contribution in [-0.4, -0.2) is 33.2 Å². The molecule has 6 nitrogen and oxygen atoms in total. The topological polar surface area (TPSA) is 95.1 Å². The summed E-state index contributed by atoms with van der Waals surface area (Å²) in [5, 5.41) is 17.1. The first-order valence-corrected chi connectivity index (χ1v) is 4.10. The Balaban J connectivity index is 2.90. The largest absolute Gasteiger partial charge is 0.478 e. The molecule has 0 aromatic carbocycles. The average Bonchev–Trinajstić information content (AvgIpc) is 2.49. The maximum atomic E-state index is 11.4. The van der Waals surface area contributed by atoms with Crippen LogP contribution in [0.4, 0.5) is 0 Å². The van der Waals surface area contributed by atoms with E-state index in [9.17, 15) is 9.59 Å². The monoisotopic (exact) mass is 197 g/mol. The van der Waals surface area contributed by atoms with E-state index < -0.39 is 11.9 Å². The zero-order chi connectivity index (χ0) is 10.7. The van der Waals surface area contributed by atoms with Gasteiger partial charge in [-0.3, -0.25) is 9.89 Å². The van der Waals surface area contributed by atoms with Gasteiger partial charge in [-0.25, -0.2) is 4.79 Å². The first-order valence-electron chi connectivity index (χ1n) is 4.10. The minimum absolute atomic E-state index is 0.0220. The minimum Gasteiger partial charge on any atom is -0.478 e. The lowest BCUT2D eigenvalue weighted by Crippen LogP contribution is -2.31. The van der Waals surface area contributed by atoms with Gasteiger partial charge in [0.2, 0.25) is 0 Å². The van der Waals surface area contributed by atoms with Gasteiger partial charge >= 0.3 is 5.97 Å². The lowest BCUT2D eigenvalue weighted by Gasteiger charge is -2.06. The van der Waals surface area contributed by atoms with E-state index >= 15 is 0 Å². The molecule has 0 fully saturated rings. The Labute approximate surface area is 80.3 Å². The Bertz CT molecular complexity index is 356. The molecular weight excluding hydrogens is 186 g/mol. The van der Waals surface area contributed by atoms with Crippen molar-refractivity contribution in [2.75, 3.05) is 0 Å². The second-order valence-corrected chi connectivity index (χ2v) is 3.09. The van der Waals surface area contributed by atoms with E-state index in [1.54, 1.807) is 13.8 Å². The van der Waals surface area contributed by atoms with Crippen LogP contribution in [-0.2, 0) is 0 Å². The number of aromatic amines is 1. The molecule has 1 aromatic rings. The quantitative estimate of drug-likeness (QED) is 0.647. The van der Waals surface area contributed by atoms with Gasteiger partial charge in [-0.2, -0.15) is 5.10 Å². The fourth-order valence-electron chi connectivity index (χ4n) is 0.956. The molecule has 0 aliphatic rings. The Morgan fingerprint density at radius 3 is 2.71 bits per heavy atom. The van der Waals surface area contributed by atoms with E-state index in [0.29, 0.717) is 0 Å². The zero-order valence-corrected chi connectivity index (χ0v) is 7.87. The van der Waals surface area contributed by atoms with Gasteiger partial charge in [0.1, 0.15) is 11.3 Å². The second kappa shape index (κ2) is 3.91. The Kier molecular flexibility index (Phi) is 2.85. The number of H-pyrrole nitrogens is 1. The molecule has 0 aliphatic carbocycles. The van der Waals surface area contributed by atoms with E-state index in [1.807, 2.05) is 0 Å². The van der Waals surface area contributed by atoms with Crippen LogP contribution < -0.4 is 5.32 Å². The molecule has 76 valence electrons. The summed E-state index contributed by atoms with van der Waals surface area (Å²) in [4.78, 5) is 22.0. The number of hydrogen-bond acceptors (Lipinski definition) is 3. The third kappa shape index (κ3) is 2.09. The maximum absolute atomic E-state index is 11.4.